The lowest BCUT2D eigenvalue weighted by atomic mass is 10.2. The van der Waals surface area contributed by atoms with Gasteiger partial charge in [-0.3, -0.25) is 0 Å². The van der Waals surface area contributed by atoms with E-state index in [1.165, 1.54) is 0 Å². The smallest absolute Gasteiger partial charge is 0.172 e. The Morgan fingerprint density at radius 1 is 1.33 bits per heavy atom. The zero-order chi connectivity index (χ0) is 10.7. The average molecular weight is 215 g/mol. The van der Waals surface area contributed by atoms with E-state index in [9.17, 15) is 0 Å². The van der Waals surface area contributed by atoms with E-state index in [0.717, 1.165) is 10.1 Å². The predicted molar refractivity (Wildman–Crippen MR) is 58.5 cm³/mol. The third kappa shape index (κ3) is 2.20. The van der Waals surface area contributed by atoms with E-state index < -0.39 is 0 Å². The molecule has 2 rings (SSSR count). The fourth-order valence-electron chi connectivity index (χ4n) is 1.15. The van der Waals surface area contributed by atoms with Crippen LogP contribution in [-0.4, -0.2) is 9.55 Å². The van der Waals surface area contributed by atoms with Crippen LogP contribution in [0.4, 0.5) is 0 Å². The summed E-state index contributed by atoms with van der Waals surface area (Å²) in [6.07, 6.45) is 3.68. The Kier molecular flexibility index (Phi) is 2.75. The Hall–Kier alpha value is -1.73. The molecule has 0 bridgehead atoms. The summed E-state index contributed by atoms with van der Waals surface area (Å²) < 4.78 is 1.96. The first kappa shape index (κ1) is 9.81. The van der Waals surface area contributed by atoms with Crippen LogP contribution in [0.2, 0.25) is 0 Å². The first-order valence-electron chi connectivity index (χ1n) is 4.45. The monoisotopic (exact) mass is 215 g/mol. The molecule has 4 heteroatoms. The van der Waals surface area contributed by atoms with Gasteiger partial charge in [-0.2, -0.15) is 5.26 Å². The quantitative estimate of drug-likeness (QED) is 0.772. The highest BCUT2D eigenvalue weighted by molar-refractivity contribution is 7.99. The first-order chi connectivity index (χ1) is 7.29. The zero-order valence-electron chi connectivity index (χ0n) is 8.21. The van der Waals surface area contributed by atoms with Crippen LogP contribution in [0.1, 0.15) is 5.56 Å². The van der Waals surface area contributed by atoms with Crippen molar-refractivity contribution < 1.29 is 0 Å². The SMILES string of the molecule is Cn1ccnc1Sc1ccc(C#N)cc1. The molecule has 0 saturated heterocycles. The molecule has 3 nitrogen and oxygen atoms in total. The van der Waals surface area contributed by atoms with E-state index >= 15 is 0 Å². The second-order valence-corrected chi connectivity index (χ2v) is 4.10. The number of nitrogens with zero attached hydrogens (tertiary/aromatic N) is 3. The van der Waals surface area contributed by atoms with E-state index in [-0.39, 0.29) is 0 Å². The summed E-state index contributed by atoms with van der Waals surface area (Å²) in [6, 6.07) is 9.57. The van der Waals surface area contributed by atoms with Crippen LogP contribution in [0.15, 0.2) is 46.7 Å². The standard InChI is InChI=1S/C11H9N3S/c1-14-7-6-13-11(14)15-10-4-2-9(8-12)3-5-10/h2-7H,1H3. The minimum absolute atomic E-state index is 0.680. The number of hydrogen-bond donors (Lipinski definition) is 0. The zero-order valence-corrected chi connectivity index (χ0v) is 9.03. The van der Waals surface area contributed by atoms with Crippen molar-refractivity contribution >= 4 is 11.8 Å². The van der Waals surface area contributed by atoms with Gasteiger partial charge in [0.1, 0.15) is 0 Å². The van der Waals surface area contributed by atoms with Crippen molar-refractivity contribution in [1.29, 1.82) is 5.26 Å². The Balaban J connectivity index is 2.19. The molecule has 0 aliphatic rings. The Labute approximate surface area is 92.4 Å². The van der Waals surface area contributed by atoms with Crippen molar-refractivity contribution in [2.75, 3.05) is 0 Å². The van der Waals surface area contributed by atoms with Gasteiger partial charge in [-0.25, -0.2) is 4.98 Å². The van der Waals surface area contributed by atoms with Gasteiger partial charge < -0.3 is 4.57 Å². The minimum atomic E-state index is 0.680. The molecule has 1 aromatic heterocycles. The van der Waals surface area contributed by atoms with Crippen LogP contribution in [0.25, 0.3) is 0 Å². The number of rotatable bonds is 2. The lowest BCUT2D eigenvalue weighted by molar-refractivity contribution is 0.790. The molecule has 0 N–H and O–H groups in total. The summed E-state index contributed by atoms with van der Waals surface area (Å²) in [5.41, 5.74) is 0.680. The molecule has 0 amide bonds. The Bertz CT molecular complexity index is 493. The van der Waals surface area contributed by atoms with Gasteiger partial charge in [-0.1, -0.05) is 11.8 Å². The normalized spacial score (nSPS) is 9.87. The summed E-state index contributed by atoms with van der Waals surface area (Å²) in [5, 5.41) is 9.60. The fourth-order valence-corrected chi connectivity index (χ4v) is 1.95. The van der Waals surface area contributed by atoms with Crippen LogP contribution in [0, 0.1) is 11.3 Å². The van der Waals surface area contributed by atoms with Crippen LogP contribution < -0.4 is 0 Å². The van der Waals surface area contributed by atoms with Crippen molar-refractivity contribution in [3.63, 3.8) is 0 Å². The second-order valence-electron chi connectivity index (χ2n) is 3.06. The molecule has 1 aromatic carbocycles. The molecule has 0 aliphatic heterocycles. The third-order valence-electron chi connectivity index (χ3n) is 1.97. The summed E-state index contributed by atoms with van der Waals surface area (Å²) in [6.45, 7) is 0. The molecule has 0 radical (unpaired) electrons. The molecular weight excluding hydrogens is 206 g/mol. The third-order valence-corrected chi connectivity index (χ3v) is 3.05. The van der Waals surface area contributed by atoms with Crippen molar-refractivity contribution in [2.45, 2.75) is 10.1 Å². The molecule has 0 atom stereocenters. The molecule has 0 fully saturated rings. The molecule has 0 saturated carbocycles. The number of imidazole rings is 1. The molecule has 0 unspecified atom stereocenters. The van der Waals surface area contributed by atoms with Crippen LogP contribution in [0.5, 0.6) is 0 Å². The molecule has 2 aromatic rings. The number of nitriles is 1. The predicted octanol–water partition coefficient (Wildman–Crippen LogP) is 2.44. The van der Waals surface area contributed by atoms with E-state index in [0.29, 0.717) is 5.56 Å². The van der Waals surface area contributed by atoms with Gasteiger partial charge in [0.2, 0.25) is 0 Å². The largest absolute Gasteiger partial charge is 0.329 e. The maximum absolute atomic E-state index is 8.66. The average Bonchev–Trinajstić information content (AvgIpc) is 2.66. The molecular formula is C11H9N3S. The second kappa shape index (κ2) is 4.20. The number of aryl methyl sites for hydroxylation is 1. The van der Waals surface area contributed by atoms with Gasteiger partial charge in [-0.15, -0.1) is 0 Å². The Morgan fingerprint density at radius 2 is 2.07 bits per heavy atom. The van der Waals surface area contributed by atoms with Crippen LogP contribution >= 0.6 is 11.8 Å². The lowest BCUT2D eigenvalue weighted by Crippen LogP contribution is -1.88. The van der Waals surface area contributed by atoms with Crippen LogP contribution in [0.3, 0.4) is 0 Å². The van der Waals surface area contributed by atoms with Crippen molar-refractivity contribution in [1.82, 2.24) is 9.55 Å². The first-order valence-corrected chi connectivity index (χ1v) is 5.26. The van der Waals surface area contributed by atoms with Gasteiger partial charge in [0.05, 0.1) is 11.6 Å². The number of aromatic nitrogens is 2. The molecule has 74 valence electrons. The maximum Gasteiger partial charge on any atom is 0.172 e. The summed E-state index contributed by atoms with van der Waals surface area (Å²) >= 11 is 1.58. The molecule has 1 heterocycles. The molecule has 15 heavy (non-hydrogen) atoms. The highest BCUT2D eigenvalue weighted by atomic mass is 32.2. The lowest BCUT2D eigenvalue weighted by Gasteiger charge is -2.00. The summed E-state index contributed by atoms with van der Waals surface area (Å²) in [7, 11) is 1.96. The highest BCUT2D eigenvalue weighted by Gasteiger charge is 2.01. The maximum atomic E-state index is 8.66. The van der Waals surface area contributed by atoms with E-state index in [1.807, 2.05) is 42.1 Å². The van der Waals surface area contributed by atoms with E-state index in [1.54, 1.807) is 18.0 Å². The van der Waals surface area contributed by atoms with Gasteiger partial charge in [0.25, 0.3) is 0 Å². The minimum Gasteiger partial charge on any atom is -0.329 e. The summed E-state index contributed by atoms with van der Waals surface area (Å²) in [4.78, 5) is 5.30. The van der Waals surface area contributed by atoms with Gasteiger partial charge in [0.15, 0.2) is 5.16 Å². The van der Waals surface area contributed by atoms with E-state index in [4.69, 9.17) is 5.26 Å². The van der Waals surface area contributed by atoms with Crippen LogP contribution in [-0.2, 0) is 7.05 Å². The van der Waals surface area contributed by atoms with Gasteiger partial charge >= 0.3 is 0 Å². The molecule has 0 spiro atoms. The highest BCUT2D eigenvalue weighted by Crippen LogP contribution is 2.25. The molecule has 0 aliphatic carbocycles. The van der Waals surface area contributed by atoms with Crippen molar-refractivity contribution in [3.8, 4) is 6.07 Å². The summed E-state index contributed by atoms with van der Waals surface area (Å²) in [5.74, 6) is 0. The van der Waals surface area contributed by atoms with Gasteiger partial charge in [-0.05, 0) is 24.3 Å². The number of benzene rings is 1. The van der Waals surface area contributed by atoms with Crippen molar-refractivity contribution in [3.05, 3.63) is 42.2 Å². The number of hydrogen-bond acceptors (Lipinski definition) is 3. The topological polar surface area (TPSA) is 41.6 Å². The fraction of sp³-hybridized carbons (Fsp3) is 0.0909. The Morgan fingerprint density at radius 3 is 2.60 bits per heavy atom. The van der Waals surface area contributed by atoms with Crippen molar-refractivity contribution in [2.24, 2.45) is 7.05 Å². The van der Waals surface area contributed by atoms with E-state index in [2.05, 4.69) is 11.1 Å². The van der Waals surface area contributed by atoms with Gasteiger partial charge in [0, 0.05) is 24.3 Å².